The van der Waals surface area contributed by atoms with Crippen LogP contribution >= 0.6 is 11.3 Å². The standard InChI is InChI=1S/C17H18O4S/c1-12-4-5-16(21-11-19-2)15(8-12)14(9-17(18)20-3)13-6-7-22-10-13/h4-10H,11H2,1-3H3/b14-9+. The molecule has 0 unspecified atom stereocenters. The molecule has 0 N–H and O–H groups in total. The van der Waals surface area contributed by atoms with E-state index in [2.05, 4.69) is 0 Å². The third-order valence-corrected chi connectivity index (χ3v) is 3.74. The zero-order valence-electron chi connectivity index (χ0n) is 12.8. The molecule has 1 aromatic carbocycles. The lowest BCUT2D eigenvalue weighted by Gasteiger charge is -2.14. The van der Waals surface area contributed by atoms with E-state index in [0.717, 1.165) is 22.3 Å². The van der Waals surface area contributed by atoms with Crippen LogP contribution in [-0.4, -0.2) is 27.0 Å². The van der Waals surface area contributed by atoms with Gasteiger partial charge in [-0.3, -0.25) is 0 Å². The second kappa shape index (κ2) is 7.77. The first-order chi connectivity index (χ1) is 10.7. The van der Waals surface area contributed by atoms with Gasteiger partial charge in [-0.15, -0.1) is 0 Å². The Bertz CT molecular complexity index is 659. The van der Waals surface area contributed by atoms with Crippen molar-refractivity contribution >= 4 is 22.9 Å². The van der Waals surface area contributed by atoms with Crippen LogP contribution in [0.5, 0.6) is 5.75 Å². The van der Waals surface area contributed by atoms with Crippen molar-refractivity contribution in [3.63, 3.8) is 0 Å². The van der Waals surface area contributed by atoms with Gasteiger partial charge < -0.3 is 14.2 Å². The summed E-state index contributed by atoms with van der Waals surface area (Å²) in [5.74, 6) is 0.259. The molecule has 5 heteroatoms. The Kier molecular flexibility index (Phi) is 5.75. The average Bonchev–Trinajstić information content (AvgIpc) is 3.05. The van der Waals surface area contributed by atoms with Crippen LogP contribution in [0.4, 0.5) is 0 Å². The van der Waals surface area contributed by atoms with Crippen LogP contribution in [0.3, 0.4) is 0 Å². The van der Waals surface area contributed by atoms with E-state index in [1.165, 1.54) is 13.2 Å². The highest BCUT2D eigenvalue weighted by molar-refractivity contribution is 7.08. The number of carbonyl (C=O) groups excluding carboxylic acids is 1. The summed E-state index contributed by atoms with van der Waals surface area (Å²) in [5.41, 5.74) is 3.62. The van der Waals surface area contributed by atoms with Crippen molar-refractivity contribution in [2.75, 3.05) is 21.0 Å². The van der Waals surface area contributed by atoms with Crippen molar-refractivity contribution in [3.8, 4) is 5.75 Å². The van der Waals surface area contributed by atoms with Gasteiger partial charge in [0.1, 0.15) is 5.75 Å². The number of carbonyl (C=O) groups is 1. The fourth-order valence-electron chi connectivity index (χ4n) is 2.01. The number of ether oxygens (including phenoxy) is 3. The number of thiophene rings is 1. The minimum Gasteiger partial charge on any atom is -0.467 e. The minimum absolute atomic E-state index is 0.144. The predicted octanol–water partition coefficient (Wildman–Crippen LogP) is 3.64. The van der Waals surface area contributed by atoms with Crippen LogP contribution in [0.25, 0.3) is 5.57 Å². The minimum atomic E-state index is -0.402. The van der Waals surface area contributed by atoms with Crippen LogP contribution in [0, 0.1) is 6.92 Å². The normalized spacial score (nSPS) is 11.3. The molecule has 0 aliphatic carbocycles. The lowest BCUT2D eigenvalue weighted by atomic mass is 9.97. The van der Waals surface area contributed by atoms with Crippen LogP contribution in [0.1, 0.15) is 16.7 Å². The maximum Gasteiger partial charge on any atom is 0.331 e. The molecule has 0 amide bonds. The third-order valence-electron chi connectivity index (χ3n) is 3.05. The van der Waals surface area contributed by atoms with Crippen molar-refractivity contribution in [2.45, 2.75) is 6.92 Å². The second-order valence-electron chi connectivity index (χ2n) is 4.64. The van der Waals surface area contributed by atoms with E-state index in [1.54, 1.807) is 18.4 Å². The number of hydrogen-bond acceptors (Lipinski definition) is 5. The first kappa shape index (κ1) is 16.3. The van der Waals surface area contributed by atoms with Gasteiger partial charge >= 0.3 is 5.97 Å². The first-order valence-electron chi connectivity index (χ1n) is 6.70. The van der Waals surface area contributed by atoms with Crippen LogP contribution in [0.15, 0.2) is 41.1 Å². The summed E-state index contributed by atoms with van der Waals surface area (Å²) in [4.78, 5) is 11.7. The topological polar surface area (TPSA) is 44.8 Å². The van der Waals surface area contributed by atoms with Crippen molar-refractivity contribution in [3.05, 3.63) is 57.8 Å². The quantitative estimate of drug-likeness (QED) is 0.463. The van der Waals surface area contributed by atoms with Crippen LogP contribution in [0.2, 0.25) is 0 Å². The molecule has 0 saturated heterocycles. The molecular formula is C17H18O4S. The summed E-state index contributed by atoms with van der Waals surface area (Å²) in [7, 11) is 2.93. The zero-order chi connectivity index (χ0) is 15.9. The summed E-state index contributed by atoms with van der Waals surface area (Å²) >= 11 is 1.57. The lowest BCUT2D eigenvalue weighted by Crippen LogP contribution is -2.04. The fourth-order valence-corrected chi connectivity index (χ4v) is 2.67. The monoisotopic (exact) mass is 318 g/mol. The predicted molar refractivity (Wildman–Crippen MR) is 87.1 cm³/mol. The molecule has 4 nitrogen and oxygen atoms in total. The van der Waals surface area contributed by atoms with Gasteiger partial charge in [0.15, 0.2) is 6.79 Å². The Labute approximate surface area is 133 Å². The summed E-state index contributed by atoms with van der Waals surface area (Å²) in [6.07, 6.45) is 1.48. The number of hydrogen-bond donors (Lipinski definition) is 0. The summed E-state index contributed by atoms with van der Waals surface area (Å²) in [6, 6.07) is 7.78. The largest absolute Gasteiger partial charge is 0.467 e. The Hall–Kier alpha value is -2.11. The van der Waals surface area contributed by atoms with Gasteiger partial charge in [-0.25, -0.2) is 4.79 Å². The van der Waals surface area contributed by atoms with E-state index in [0.29, 0.717) is 5.75 Å². The Balaban J connectivity index is 2.54. The number of methoxy groups -OCH3 is 2. The smallest absolute Gasteiger partial charge is 0.331 e. The molecule has 0 saturated carbocycles. The van der Waals surface area contributed by atoms with Gasteiger partial charge in [0.25, 0.3) is 0 Å². The molecule has 116 valence electrons. The van der Waals surface area contributed by atoms with Crippen molar-refractivity contribution in [2.24, 2.45) is 0 Å². The number of rotatable bonds is 6. The van der Waals surface area contributed by atoms with Crippen molar-refractivity contribution in [1.82, 2.24) is 0 Å². The molecule has 0 aliphatic heterocycles. The molecule has 0 radical (unpaired) electrons. The van der Waals surface area contributed by atoms with Gasteiger partial charge in [0.05, 0.1) is 7.11 Å². The van der Waals surface area contributed by atoms with Crippen LogP contribution < -0.4 is 4.74 Å². The molecule has 1 aromatic heterocycles. The first-order valence-corrected chi connectivity index (χ1v) is 7.65. The average molecular weight is 318 g/mol. The second-order valence-corrected chi connectivity index (χ2v) is 5.42. The SMILES string of the molecule is COCOc1ccc(C)cc1/C(=C/C(=O)OC)c1ccsc1. The van der Waals surface area contributed by atoms with Crippen molar-refractivity contribution < 1.29 is 19.0 Å². The zero-order valence-corrected chi connectivity index (χ0v) is 13.6. The van der Waals surface area contributed by atoms with E-state index in [4.69, 9.17) is 14.2 Å². The molecule has 0 spiro atoms. The number of aryl methyl sites for hydroxylation is 1. The lowest BCUT2D eigenvalue weighted by molar-refractivity contribution is -0.134. The molecule has 0 bridgehead atoms. The van der Waals surface area contributed by atoms with E-state index >= 15 is 0 Å². The van der Waals surface area contributed by atoms with Gasteiger partial charge in [-0.05, 0) is 41.4 Å². The summed E-state index contributed by atoms with van der Waals surface area (Å²) in [6.45, 7) is 2.14. The molecule has 2 aromatic rings. The van der Waals surface area contributed by atoms with Crippen LogP contribution in [-0.2, 0) is 14.3 Å². The summed E-state index contributed by atoms with van der Waals surface area (Å²) in [5, 5.41) is 3.95. The number of esters is 1. The molecule has 22 heavy (non-hydrogen) atoms. The highest BCUT2D eigenvalue weighted by Crippen LogP contribution is 2.33. The van der Waals surface area contributed by atoms with Gasteiger partial charge in [0.2, 0.25) is 0 Å². The summed E-state index contributed by atoms with van der Waals surface area (Å²) < 4.78 is 15.4. The molecule has 0 atom stereocenters. The highest BCUT2D eigenvalue weighted by atomic mass is 32.1. The van der Waals surface area contributed by atoms with E-state index in [1.807, 2.05) is 41.9 Å². The Morgan fingerprint density at radius 1 is 1.27 bits per heavy atom. The third kappa shape index (κ3) is 3.96. The van der Waals surface area contributed by atoms with E-state index in [9.17, 15) is 4.79 Å². The van der Waals surface area contributed by atoms with Gasteiger partial charge in [-0.2, -0.15) is 11.3 Å². The van der Waals surface area contributed by atoms with Gasteiger partial charge in [-0.1, -0.05) is 11.6 Å². The maximum atomic E-state index is 11.7. The number of benzene rings is 1. The van der Waals surface area contributed by atoms with Crippen molar-refractivity contribution in [1.29, 1.82) is 0 Å². The van der Waals surface area contributed by atoms with E-state index in [-0.39, 0.29) is 6.79 Å². The fraction of sp³-hybridized carbons (Fsp3) is 0.235. The molecule has 0 aliphatic rings. The maximum absolute atomic E-state index is 11.7. The molecule has 2 rings (SSSR count). The highest BCUT2D eigenvalue weighted by Gasteiger charge is 2.14. The molecule has 0 fully saturated rings. The van der Waals surface area contributed by atoms with Gasteiger partial charge in [0, 0.05) is 24.3 Å². The molecular weight excluding hydrogens is 300 g/mol. The molecule has 1 heterocycles. The Morgan fingerprint density at radius 3 is 2.73 bits per heavy atom. The van der Waals surface area contributed by atoms with E-state index < -0.39 is 5.97 Å². The Morgan fingerprint density at radius 2 is 2.09 bits per heavy atom.